The van der Waals surface area contributed by atoms with E-state index in [2.05, 4.69) is 47.3 Å². The second-order valence-corrected chi connectivity index (χ2v) is 18.8. The summed E-state index contributed by atoms with van der Waals surface area (Å²) in [6, 6.07) is 0. The van der Waals surface area contributed by atoms with Gasteiger partial charge in [0, 0.05) is 5.92 Å². The van der Waals surface area contributed by atoms with E-state index in [0.717, 1.165) is 51.4 Å². The Morgan fingerprint density at radius 3 is 2.31 bits per heavy atom. The summed E-state index contributed by atoms with van der Waals surface area (Å²) >= 11 is 0. The summed E-state index contributed by atoms with van der Waals surface area (Å²) < 4.78 is 23.8. The lowest BCUT2D eigenvalue weighted by Gasteiger charge is -2.71. The van der Waals surface area contributed by atoms with Gasteiger partial charge in [-0.3, -0.25) is 4.79 Å². The summed E-state index contributed by atoms with van der Waals surface area (Å²) in [5, 5.41) is 73.3. The van der Waals surface area contributed by atoms with Gasteiger partial charge >= 0.3 is 5.97 Å². The maximum absolute atomic E-state index is 12.9. The number of hydrogen-bond acceptors (Lipinski definition) is 11. The third-order valence-corrected chi connectivity index (χ3v) is 16.3. The molecule has 6 fully saturated rings. The molecule has 7 aliphatic rings. The number of aliphatic hydroxyl groups is 6. The molecule has 0 bridgehead atoms. The minimum absolute atomic E-state index is 0.00262. The number of rotatable bonds is 6. The van der Waals surface area contributed by atoms with Crippen molar-refractivity contribution in [1.82, 2.24) is 0 Å². The molecular weight excluding hydrogens is 672 g/mol. The first kappa shape index (κ1) is 38.8. The van der Waals surface area contributed by atoms with Gasteiger partial charge in [0.2, 0.25) is 0 Å². The van der Waals surface area contributed by atoms with E-state index < -0.39 is 73.3 Å². The second-order valence-electron chi connectivity index (χ2n) is 18.8. The Morgan fingerprint density at radius 2 is 1.62 bits per heavy atom. The molecule has 17 atom stereocenters. The lowest BCUT2D eigenvalue weighted by atomic mass is 9.34. The van der Waals surface area contributed by atoms with Crippen LogP contribution in [0.1, 0.15) is 98.8 Å². The predicted molar refractivity (Wildman–Crippen MR) is 187 cm³/mol. The SMILES string of the molecule is C=C1CC[C@]2(C(=O)O)CC[C@]3(C)C(=CC[C@@H]4[C@@]5(C)CC[C@H](O[C@@H]6OC[C@H](O)[C@H](O[C@@H]7O[C@H](CO)[C@@H](O)[C@H](O)[C@H]7O)[C@H]6O)C(C)(C)[C@@H]5CC[C@]43C)[C@@H]2C1. The van der Waals surface area contributed by atoms with Gasteiger partial charge in [-0.15, -0.1) is 0 Å². The fourth-order valence-corrected chi connectivity index (χ4v) is 13.0. The molecule has 0 unspecified atom stereocenters. The van der Waals surface area contributed by atoms with E-state index in [-0.39, 0.29) is 40.3 Å². The predicted octanol–water partition coefficient (Wildman–Crippen LogP) is 3.05. The first-order valence-electron chi connectivity index (χ1n) is 19.6. The van der Waals surface area contributed by atoms with Gasteiger partial charge < -0.3 is 54.7 Å². The van der Waals surface area contributed by atoms with Crippen LogP contribution in [0.2, 0.25) is 0 Å². The lowest BCUT2D eigenvalue weighted by molar-refractivity contribution is -0.357. The molecule has 12 nitrogen and oxygen atoms in total. The smallest absolute Gasteiger partial charge is 0.310 e. The van der Waals surface area contributed by atoms with Gasteiger partial charge in [-0.05, 0) is 97.7 Å². The molecule has 7 N–H and O–H groups in total. The van der Waals surface area contributed by atoms with Crippen molar-refractivity contribution in [1.29, 1.82) is 0 Å². The monoisotopic (exact) mass is 734 g/mol. The molecule has 294 valence electrons. The molecule has 52 heavy (non-hydrogen) atoms. The molecule has 0 radical (unpaired) electrons. The summed E-state index contributed by atoms with van der Waals surface area (Å²) in [4.78, 5) is 12.9. The lowest BCUT2D eigenvalue weighted by Crippen LogP contribution is -2.66. The summed E-state index contributed by atoms with van der Waals surface area (Å²) in [6.07, 6.45) is -2.24. The van der Waals surface area contributed by atoms with E-state index in [4.69, 9.17) is 18.9 Å². The van der Waals surface area contributed by atoms with Gasteiger partial charge in [-0.1, -0.05) is 58.4 Å². The van der Waals surface area contributed by atoms with E-state index in [1.807, 2.05) is 0 Å². The zero-order valence-electron chi connectivity index (χ0n) is 31.4. The summed E-state index contributed by atoms with van der Waals surface area (Å²) in [5.41, 5.74) is 1.43. The van der Waals surface area contributed by atoms with E-state index in [1.54, 1.807) is 0 Å². The van der Waals surface area contributed by atoms with Crippen LogP contribution >= 0.6 is 0 Å². The third kappa shape index (κ3) is 5.56. The highest BCUT2D eigenvalue weighted by Gasteiger charge is 2.69. The van der Waals surface area contributed by atoms with Crippen LogP contribution < -0.4 is 0 Å². The Kier molecular flexibility index (Phi) is 9.96. The number of carboxylic acids is 1. The van der Waals surface area contributed by atoms with Crippen molar-refractivity contribution >= 4 is 5.97 Å². The molecule has 5 aliphatic carbocycles. The van der Waals surface area contributed by atoms with Crippen LogP contribution in [0.15, 0.2) is 23.8 Å². The molecule has 12 heteroatoms. The molecule has 2 heterocycles. The molecule has 0 amide bonds. The minimum atomic E-state index is -1.69. The normalized spacial score (nSPS) is 53.1. The third-order valence-electron chi connectivity index (χ3n) is 16.3. The van der Waals surface area contributed by atoms with Gasteiger partial charge in [0.15, 0.2) is 12.6 Å². The fourth-order valence-electron chi connectivity index (χ4n) is 13.0. The Morgan fingerprint density at radius 1 is 0.885 bits per heavy atom. The second kappa shape index (κ2) is 13.3. The molecule has 7 rings (SSSR count). The van der Waals surface area contributed by atoms with Gasteiger partial charge in [-0.25, -0.2) is 0 Å². The first-order chi connectivity index (χ1) is 24.4. The van der Waals surface area contributed by atoms with Crippen molar-refractivity contribution in [2.24, 2.45) is 44.8 Å². The molecule has 0 aromatic heterocycles. The fraction of sp³-hybridized carbons (Fsp3) is 0.875. The Bertz CT molecular complexity index is 1430. The highest BCUT2D eigenvalue weighted by molar-refractivity contribution is 5.77. The number of aliphatic hydroxyl groups excluding tert-OH is 6. The molecular formula is C40H62O12. The van der Waals surface area contributed by atoms with Crippen molar-refractivity contribution in [3.05, 3.63) is 23.8 Å². The van der Waals surface area contributed by atoms with E-state index >= 15 is 0 Å². The summed E-state index contributed by atoms with van der Waals surface area (Å²) in [5.74, 6) is 0.0611. The largest absolute Gasteiger partial charge is 0.481 e. The van der Waals surface area contributed by atoms with Gasteiger partial charge in [0.25, 0.3) is 0 Å². The van der Waals surface area contributed by atoms with Crippen molar-refractivity contribution in [3.63, 3.8) is 0 Å². The Labute approximate surface area is 307 Å². The van der Waals surface area contributed by atoms with Crippen LogP contribution in [0.25, 0.3) is 0 Å². The van der Waals surface area contributed by atoms with Crippen LogP contribution in [0.5, 0.6) is 0 Å². The molecule has 0 spiro atoms. The van der Waals surface area contributed by atoms with E-state index in [1.165, 1.54) is 11.1 Å². The quantitative estimate of drug-likeness (QED) is 0.156. The number of hydrogen-bond donors (Lipinski definition) is 7. The molecule has 2 saturated heterocycles. The van der Waals surface area contributed by atoms with Gasteiger partial charge in [0.05, 0.1) is 24.7 Å². The Balaban J connectivity index is 1.09. The van der Waals surface area contributed by atoms with Crippen molar-refractivity contribution < 1.29 is 59.5 Å². The maximum atomic E-state index is 12.9. The minimum Gasteiger partial charge on any atom is -0.481 e. The van der Waals surface area contributed by atoms with Crippen molar-refractivity contribution in [2.75, 3.05) is 13.2 Å². The molecule has 4 saturated carbocycles. The van der Waals surface area contributed by atoms with Crippen LogP contribution in [0.3, 0.4) is 0 Å². The average molecular weight is 735 g/mol. The molecule has 0 aromatic carbocycles. The summed E-state index contributed by atoms with van der Waals surface area (Å²) in [7, 11) is 0. The van der Waals surface area contributed by atoms with Crippen molar-refractivity contribution in [2.45, 2.75) is 160 Å². The van der Waals surface area contributed by atoms with Gasteiger partial charge in [-0.2, -0.15) is 0 Å². The highest BCUT2D eigenvalue weighted by atomic mass is 16.7. The van der Waals surface area contributed by atoms with Crippen LogP contribution in [0.4, 0.5) is 0 Å². The average Bonchev–Trinajstić information content (AvgIpc) is 3.09. The Hall–Kier alpha value is -1.45. The maximum Gasteiger partial charge on any atom is 0.310 e. The van der Waals surface area contributed by atoms with Crippen LogP contribution in [-0.4, -0.2) is 116 Å². The topological polar surface area (TPSA) is 196 Å². The molecule has 2 aliphatic heterocycles. The first-order valence-corrected chi connectivity index (χ1v) is 19.6. The van der Waals surface area contributed by atoms with E-state index in [0.29, 0.717) is 24.7 Å². The standard InChI is InChI=1S/C40H62O12/c1-20-9-14-40(35(47)48)16-15-38(5)21(22(40)17-20)7-8-26-37(4)12-11-27(36(2,3)25(37)10-13-39(26,38)6)51-33-31(46)32(23(42)19-49-33)52-34-30(45)29(44)28(43)24(18-41)50-34/h7,22-34,41-46H,1,8-19H2,2-6H3,(H,47,48)/t22-,23-,24+,25-,26+,27-,28+,29-,30+,31+,32-,33-,34-,37-,38+,39+,40-/m0/s1. The highest BCUT2D eigenvalue weighted by Crippen LogP contribution is 2.75. The number of carbonyl (C=O) groups is 1. The van der Waals surface area contributed by atoms with Crippen LogP contribution in [0, 0.1) is 44.8 Å². The number of ether oxygens (including phenoxy) is 4. The summed E-state index contributed by atoms with van der Waals surface area (Å²) in [6.45, 7) is 15.3. The molecule has 0 aromatic rings. The van der Waals surface area contributed by atoms with Gasteiger partial charge in [0.1, 0.15) is 42.7 Å². The zero-order chi connectivity index (χ0) is 37.8. The number of aliphatic carboxylic acids is 1. The van der Waals surface area contributed by atoms with Crippen molar-refractivity contribution in [3.8, 4) is 0 Å². The van der Waals surface area contributed by atoms with E-state index in [9.17, 15) is 40.5 Å². The van der Waals surface area contributed by atoms with Crippen LogP contribution in [-0.2, 0) is 23.7 Å². The number of fused-ring (bicyclic) bond motifs is 7. The number of allylic oxidation sites excluding steroid dienone is 3. The zero-order valence-corrected chi connectivity index (χ0v) is 31.4. The number of carboxylic acid groups (broad SMARTS) is 1.